The highest BCUT2D eigenvalue weighted by atomic mass is 32.1. The molecule has 4 nitrogen and oxygen atoms in total. The number of rotatable bonds is 6. The first-order valence-electron chi connectivity index (χ1n) is 8.52. The van der Waals surface area contributed by atoms with Crippen molar-refractivity contribution < 1.29 is 14.0 Å². The zero-order valence-corrected chi connectivity index (χ0v) is 14.7. The lowest BCUT2D eigenvalue weighted by Crippen LogP contribution is -2.31. The predicted octanol–water partition coefficient (Wildman–Crippen LogP) is 3.76. The number of likely N-dealkylation sites (tertiary alicyclic amines) is 1. The minimum Gasteiger partial charge on any atom is -0.352 e. The number of nitrogens with zero attached hydrogens (tertiary/aromatic N) is 1. The first kappa shape index (κ1) is 17.6. The van der Waals surface area contributed by atoms with Gasteiger partial charge >= 0.3 is 0 Å². The van der Waals surface area contributed by atoms with E-state index in [1.165, 1.54) is 29.1 Å². The van der Waals surface area contributed by atoms with Gasteiger partial charge in [-0.15, -0.1) is 11.3 Å². The van der Waals surface area contributed by atoms with Crippen LogP contribution in [0.1, 0.15) is 47.0 Å². The molecule has 1 aliphatic heterocycles. The number of hydrogen-bond acceptors (Lipinski definition) is 3. The summed E-state index contributed by atoms with van der Waals surface area (Å²) >= 11 is 1.69. The molecule has 2 amide bonds. The summed E-state index contributed by atoms with van der Waals surface area (Å²) in [4.78, 5) is 27.6. The van der Waals surface area contributed by atoms with E-state index in [2.05, 4.69) is 11.4 Å². The number of thiophene rings is 1. The van der Waals surface area contributed by atoms with Gasteiger partial charge in [-0.3, -0.25) is 9.59 Å². The summed E-state index contributed by atoms with van der Waals surface area (Å²) < 4.78 is 12.9. The fourth-order valence-electron chi connectivity index (χ4n) is 3.13. The largest absolute Gasteiger partial charge is 0.352 e. The van der Waals surface area contributed by atoms with E-state index in [1.54, 1.807) is 11.3 Å². The van der Waals surface area contributed by atoms with Gasteiger partial charge in [-0.05, 0) is 55.0 Å². The normalized spacial score (nSPS) is 16.8. The average molecular weight is 360 g/mol. The van der Waals surface area contributed by atoms with E-state index >= 15 is 0 Å². The second kappa shape index (κ2) is 8.25. The molecule has 1 unspecified atom stereocenters. The van der Waals surface area contributed by atoms with Crippen LogP contribution in [0.2, 0.25) is 0 Å². The third-order valence-electron chi connectivity index (χ3n) is 4.40. The number of halogens is 1. The lowest BCUT2D eigenvalue weighted by molar-refractivity contribution is -0.132. The van der Waals surface area contributed by atoms with Crippen molar-refractivity contribution in [2.45, 2.75) is 31.7 Å². The highest BCUT2D eigenvalue weighted by Crippen LogP contribution is 2.34. The van der Waals surface area contributed by atoms with Crippen LogP contribution in [0.4, 0.5) is 4.39 Å². The van der Waals surface area contributed by atoms with Gasteiger partial charge in [0, 0.05) is 30.0 Å². The molecule has 1 aromatic carbocycles. The Morgan fingerprint density at radius 2 is 2.04 bits per heavy atom. The second-order valence-electron chi connectivity index (χ2n) is 6.13. The number of carbonyl (C=O) groups excluding carboxylic acids is 2. The maximum absolute atomic E-state index is 12.9. The molecule has 6 heteroatoms. The molecule has 3 rings (SSSR count). The van der Waals surface area contributed by atoms with Gasteiger partial charge < -0.3 is 10.2 Å². The smallest absolute Gasteiger partial charge is 0.251 e. The van der Waals surface area contributed by atoms with Gasteiger partial charge in [0.25, 0.3) is 5.91 Å². The minimum atomic E-state index is -0.368. The van der Waals surface area contributed by atoms with E-state index in [4.69, 9.17) is 0 Å². The van der Waals surface area contributed by atoms with Crippen molar-refractivity contribution in [1.82, 2.24) is 10.2 Å². The molecule has 1 fully saturated rings. The van der Waals surface area contributed by atoms with E-state index in [9.17, 15) is 14.0 Å². The molecule has 0 radical (unpaired) electrons. The van der Waals surface area contributed by atoms with Gasteiger partial charge in [0.15, 0.2) is 0 Å². The zero-order chi connectivity index (χ0) is 17.6. The summed E-state index contributed by atoms with van der Waals surface area (Å²) in [6.07, 6.45) is 3.08. The van der Waals surface area contributed by atoms with Crippen molar-refractivity contribution in [3.63, 3.8) is 0 Å². The Morgan fingerprint density at radius 1 is 1.24 bits per heavy atom. The molecule has 1 aromatic heterocycles. The van der Waals surface area contributed by atoms with Crippen molar-refractivity contribution in [2.75, 3.05) is 13.1 Å². The SMILES string of the molecule is O=C(NCCCC(=O)N1CCCC1c1cccs1)c1ccc(F)cc1. The lowest BCUT2D eigenvalue weighted by Gasteiger charge is -2.24. The van der Waals surface area contributed by atoms with Crippen molar-refractivity contribution in [1.29, 1.82) is 0 Å². The molecule has 1 atom stereocenters. The van der Waals surface area contributed by atoms with Gasteiger partial charge in [-0.2, -0.15) is 0 Å². The lowest BCUT2D eigenvalue weighted by atomic mass is 10.1. The van der Waals surface area contributed by atoms with E-state index in [0.29, 0.717) is 24.9 Å². The van der Waals surface area contributed by atoms with Crippen LogP contribution < -0.4 is 5.32 Å². The van der Waals surface area contributed by atoms with E-state index in [1.807, 2.05) is 16.3 Å². The van der Waals surface area contributed by atoms with Crippen LogP contribution in [0.15, 0.2) is 41.8 Å². The molecular weight excluding hydrogens is 339 g/mol. The van der Waals surface area contributed by atoms with Gasteiger partial charge in [-0.1, -0.05) is 6.07 Å². The Labute approximate surface area is 150 Å². The standard InChI is InChI=1S/C19H21FN2O2S/c20-15-9-7-14(8-10-15)19(24)21-11-1-6-18(23)22-12-2-4-16(22)17-5-3-13-25-17/h3,5,7-10,13,16H,1-2,4,6,11-12H2,(H,21,24). The zero-order valence-electron chi connectivity index (χ0n) is 13.9. The predicted molar refractivity (Wildman–Crippen MR) is 96.0 cm³/mol. The topological polar surface area (TPSA) is 49.4 Å². The second-order valence-corrected chi connectivity index (χ2v) is 7.11. The van der Waals surface area contributed by atoms with Gasteiger partial charge in [0.2, 0.25) is 5.91 Å². The highest BCUT2D eigenvalue weighted by Gasteiger charge is 2.29. The third kappa shape index (κ3) is 4.45. The van der Waals surface area contributed by atoms with Crippen molar-refractivity contribution in [3.05, 3.63) is 58.0 Å². The van der Waals surface area contributed by atoms with Crippen LogP contribution in [0.5, 0.6) is 0 Å². The van der Waals surface area contributed by atoms with Crippen molar-refractivity contribution in [2.24, 2.45) is 0 Å². The maximum atomic E-state index is 12.9. The number of carbonyl (C=O) groups is 2. The van der Waals surface area contributed by atoms with E-state index in [-0.39, 0.29) is 23.7 Å². The maximum Gasteiger partial charge on any atom is 0.251 e. The van der Waals surface area contributed by atoms with Crippen LogP contribution >= 0.6 is 11.3 Å². The molecule has 0 aliphatic carbocycles. The third-order valence-corrected chi connectivity index (χ3v) is 5.38. The van der Waals surface area contributed by atoms with E-state index < -0.39 is 0 Å². The molecule has 2 heterocycles. The van der Waals surface area contributed by atoms with Crippen molar-refractivity contribution >= 4 is 23.2 Å². The monoisotopic (exact) mass is 360 g/mol. The molecule has 1 aliphatic rings. The summed E-state index contributed by atoms with van der Waals surface area (Å²) in [6.45, 7) is 1.24. The Bertz CT molecular complexity index is 716. The molecular formula is C19H21FN2O2S. The first-order valence-corrected chi connectivity index (χ1v) is 9.40. The number of amides is 2. The average Bonchev–Trinajstić information content (AvgIpc) is 3.29. The minimum absolute atomic E-state index is 0.145. The fourth-order valence-corrected chi connectivity index (χ4v) is 4.00. The van der Waals surface area contributed by atoms with Crippen LogP contribution in [0, 0.1) is 5.82 Å². The Kier molecular flexibility index (Phi) is 5.81. The van der Waals surface area contributed by atoms with Gasteiger partial charge in [0.1, 0.15) is 5.82 Å². The summed E-state index contributed by atoms with van der Waals surface area (Å²) in [5.74, 6) is -0.468. The summed E-state index contributed by atoms with van der Waals surface area (Å²) in [5, 5.41) is 4.82. The van der Waals surface area contributed by atoms with Crippen molar-refractivity contribution in [3.8, 4) is 0 Å². The Balaban J connectivity index is 1.43. The molecule has 25 heavy (non-hydrogen) atoms. The highest BCUT2D eigenvalue weighted by molar-refractivity contribution is 7.10. The molecule has 132 valence electrons. The summed E-state index contributed by atoms with van der Waals surface area (Å²) in [5.41, 5.74) is 0.421. The molecule has 1 N–H and O–H groups in total. The van der Waals surface area contributed by atoms with Crippen LogP contribution in [-0.2, 0) is 4.79 Å². The van der Waals surface area contributed by atoms with Gasteiger partial charge in [0.05, 0.1) is 6.04 Å². The first-order chi connectivity index (χ1) is 12.1. The Hall–Kier alpha value is -2.21. The summed E-state index contributed by atoms with van der Waals surface area (Å²) in [6, 6.07) is 9.74. The van der Waals surface area contributed by atoms with Crippen LogP contribution in [0.25, 0.3) is 0 Å². The number of benzene rings is 1. The Morgan fingerprint density at radius 3 is 2.76 bits per heavy atom. The van der Waals surface area contributed by atoms with Crippen LogP contribution in [0.3, 0.4) is 0 Å². The number of nitrogens with one attached hydrogen (secondary N) is 1. The number of hydrogen-bond donors (Lipinski definition) is 1. The molecule has 0 saturated carbocycles. The molecule has 0 bridgehead atoms. The molecule has 2 aromatic rings. The van der Waals surface area contributed by atoms with Crippen LogP contribution in [-0.4, -0.2) is 29.8 Å². The van der Waals surface area contributed by atoms with E-state index in [0.717, 1.165) is 19.4 Å². The molecule has 0 spiro atoms. The summed E-state index contributed by atoms with van der Waals surface area (Å²) in [7, 11) is 0. The molecule has 1 saturated heterocycles. The van der Waals surface area contributed by atoms with Gasteiger partial charge in [-0.25, -0.2) is 4.39 Å². The quantitative estimate of drug-likeness (QED) is 0.798. The fraction of sp³-hybridized carbons (Fsp3) is 0.368.